The molecule has 0 aromatic heterocycles. The maximum Gasteiger partial charge on any atom is 0.195 e. The first kappa shape index (κ1) is 19.6. The number of hydrogen-bond donors (Lipinski definition) is 0. The van der Waals surface area contributed by atoms with Crippen LogP contribution in [0.15, 0.2) is 120 Å². The van der Waals surface area contributed by atoms with E-state index in [1.807, 2.05) is 98.8 Å². The Morgan fingerprint density at radius 1 is 0.600 bits per heavy atom. The molecule has 0 N–H and O–H groups in total. The van der Waals surface area contributed by atoms with Crippen LogP contribution in [-0.4, -0.2) is 5.78 Å². The molecule has 0 fully saturated rings. The highest BCUT2D eigenvalue weighted by molar-refractivity contribution is 6.53. The molecule has 4 rings (SSSR count). The van der Waals surface area contributed by atoms with Gasteiger partial charge in [-0.2, -0.15) is 0 Å². The Bertz CT molecular complexity index is 1170. The number of rotatable bonds is 5. The summed E-state index contributed by atoms with van der Waals surface area (Å²) in [4.78, 5) is 14.0. The number of hydrogen-bond acceptors (Lipinski definition) is 1. The molecule has 1 nitrogen and oxygen atoms in total. The Morgan fingerprint density at radius 2 is 1.03 bits per heavy atom. The molecule has 0 saturated carbocycles. The van der Waals surface area contributed by atoms with E-state index >= 15 is 0 Å². The quantitative estimate of drug-likeness (QED) is 0.424. The summed E-state index contributed by atoms with van der Waals surface area (Å²) < 4.78 is 0. The molecule has 0 bridgehead atoms. The van der Waals surface area contributed by atoms with Gasteiger partial charge in [-0.3, -0.25) is 4.79 Å². The van der Waals surface area contributed by atoms with Crippen molar-refractivity contribution in [2.45, 2.75) is 13.8 Å². The summed E-state index contributed by atoms with van der Waals surface area (Å²) in [5.41, 5.74) is 7.51. The lowest BCUT2D eigenvalue weighted by Crippen LogP contribution is -2.02. The summed E-state index contributed by atoms with van der Waals surface area (Å²) in [7, 11) is 0. The maximum absolute atomic E-state index is 14.0. The minimum Gasteiger partial charge on any atom is -0.289 e. The second-order valence-electron chi connectivity index (χ2n) is 7.17. The van der Waals surface area contributed by atoms with Gasteiger partial charge in [0.05, 0.1) is 0 Å². The molecule has 0 atom stereocenters. The fourth-order valence-corrected chi connectivity index (χ4v) is 4.05. The molecule has 0 saturated heterocycles. The topological polar surface area (TPSA) is 17.1 Å². The van der Waals surface area contributed by atoms with Gasteiger partial charge < -0.3 is 0 Å². The van der Waals surface area contributed by atoms with Gasteiger partial charge in [-0.15, -0.1) is 0 Å². The van der Waals surface area contributed by atoms with E-state index in [1.165, 1.54) is 0 Å². The molecule has 146 valence electrons. The molecular weight excluding hydrogens is 364 g/mol. The number of benzene rings is 3. The van der Waals surface area contributed by atoms with Crippen LogP contribution in [0.25, 0.3) is 16.7 Å². The van der Waals surface area contributed by atoms with Crippen LogP contribution in [0.4, 0.5) is 0 Å². The average Bonchev–Trinajstić information content (AvgIpc) is 3.11. The minimum absolute atomic E-state index is 0.0742. The molecular formula is C29H24O. The molecule has 1 aliphatic rings. The van der Waals surface area contributed by atoms with Gasteiger partial charge in [0.15, 0.2) is 5.78 Å². The molecule has 3 aromatic rings. The first-order valence-corrected chi connectivity index (χ1v) is 10.3. The van der Waals surface area contributed by atoms with Gasteiger partial charge in [0.25, 0.3) is 0 Å². The van der Waals surface area contributed by atoms with Crippen molar-refractivity contribution < 1.29 is 4.79 Å². The van der Waals surface area contributed by atoms with Gasteiger partial charge in [-0.05, 0) is 36.1 Å². The largest absolute Gasteiger partial charge is 0.289 e. The van der Waals surface area contributed by atoms with E-state index in [4.69, 9.17) is 0 Å². The van der Waals surface area contributed by atoms with Crippen LogP contribution >= 0.6 is 0 Å². The molecule has 0 unspecified atom stereocenters. The summed E-state index contributed by atoms with van der Waals surface area (Å²) in [5.74, 6) is 0.0742. The van der Waals surface area contributed by atoms with E-state index < -0.39 is 0 Å². The zero-order valence-electron chi connectivity index (χ0n) is 17.3. The summed E-state index contributed by atoms with van der Waals surface area (Å²) in [6.07, 6.45) is 6.20. The van der Waals surface area contributed by atoms with Crippen molar-refractivity contribution in [1.29, 1.82) is 0 Å². The minimum atomic E-state index is 0.0742. The molecule has 1 aliphatic carbocycles. The van der Waals surface area contributed by atoms with Crippen LogP contribution < -0.4 is 0 Å². The third-order valence-corrected chi connectivity index (χ3v) is 5.34. The number of Topliss-reactive ketones (excluding diaryl/α,β-unsaturated/α-hetero) is 1. The van der Waals surface area contributed by atoms with Crippen molar-refractivity contribution in [2.24, 2.45) is 0 Å². The summed E-state index contributed by atoms with van der Waals surface area (Å²) in [5, 5.41) is 0. The maximum atomic E-state index is 14.0. The first-order valence-electron chi connectivity index (χ1n) is 10.3. The zero-order valence-corrected chi connectivity index (χ0v) is 17.3. The summed E-state index contributed by atoms with van der Waals surface area (Å²) in [6, 6.07) is 30.2. The Balaban J connectivity index is 2.10. The third kappa shape index (κ3) is 3.51. The third-order valence-electron chi connectivity index (χ3n) is 5.34. The van der Waals surface area contributed by atoms with Crippen LogP contribution in [0.1, 0.15) is 30.5 Å². The Hall–Kier alpha value is -3.71. The van der Waals surface area contributed by atoms with Crippen molar-refractivity contribution in [1.82, 2.24) is 0 Å². The van der Waals surface area contributed by atoms with E-state index in [9.17, 15) is 4.79 Å². The molecule has 0 aliphatic heterocycles. The monoisotopic (exact) mass is 388 g/mol. The highest BCUT2D eigenvalue weighted by Crippen LogP contribution is 2.48. The number of ketones is 1. The van der Waals surface area contributed by atoms with Crippen molar-refractivity contribution >= 4 is 22.5 Å². The zero-order chi connectivity index (χ0) is 20.9. The molecule has 1 heteroatoms. The second-order valence-corrected chi connectivity index (χ2v) is 7.17. The fourth-order valence-electron chi connectivity index (χ4n) is 4.05. The smallest absolute Gasteiger partial charge is 0.195 e. The Labute approximate surface area is 178 Å². The predicted octanol–water partition coefficient (Wildman–Crippen LogP) is 7.16. The molecule has 30 heavy (non-hydrogen) atoms. The van der Waals surface area contributed by atoms with E-state index in [0.29, 0.717) is 0 Å². The molecule has 0 radical (unpaired) electrons. The normalized spacial score (nSPS) is 14.9. The first-order chi connectivity index (χ1) is 14.8. The van der Waals surface area contributed by atoms with E-state index in [-0.39, 0.29) is 5.78 Å². The van der Waals surface area contributed by atoms with Crippen molar-refractivity contribution in [3.05, 3.63) is 137 Å². The van der Waals surface area contributed by atoms with Gasteiger partial charge in [0.1, 0.15) is 0 Å². The number of carbonyl (C=O) groups excluding carboxylic acids is 1. The van der Waals surface area contributed by atoms with Crippen LogP contribution in [0, 0.1) is 0 Å². The second kappa shape index (κ2) is 8.75. The van der Waals surface area contributed by atoms with Crippen molar-refractivity contribution in [2.75, 3.05) is 0 Å². The number of allylic oxidation sites excluding steroid dienone is 8. The molecule has 3 aromatic carbocycles. The molecule has 0 heterocycles. The van der Waals surface area contributed by atoms with E-state index in [1.54, 1.807) is 0 Å². The highest BCUT2D eigenvalue weighted by Gasteiger charge is 2.35. The lowest BCUT2D eigenvalue weighted by Gasteiger charge is -2.14. The molecule has 0 spiro atoms. The standard InChI is InChI=1S/C29H24O/c1-3-14-21(4-2)25-26(22-15-8-5-9-16-22)28(24-19-12-7-13-20-24)29(30)27(25)23-17-10-6-11-18-23/h3-20H,1-2H3/b14-3-,21-4+. The van der Waals surface area contributed by atoms with E-state index in [2.05, 4.69) is 24.3 Å². The SMILES string of the molecule is C/C=C\C(=C/C)C1=C(c2ccccc2)C(=O)C(c2ccccc2)=C1c1ccccc1. The highest BCUT2D eigenvalue weighted by atomic mass is 16.1. The Kier molecular flexibility index (Phi) is 5.72. The summed E-state index contributed by atoms with van der Waals surface area (Å²) in [6.45, 7) is 4.03. The van der Waals surface area contributed by atoms with Crippen LogP contribution in [-0.2, 0) is 4.79 Å². The molecule has 0 amide bonds. The lowest BCUT2D eigenvalue weighted by atomic mass is 9.88. The van der Waals surface area contributed by atoms with Gasteiger partial charge in [0.2, 0.25) is 0 Å². The van der Waals surface area contributed by atoms with Gasteiger partial charge in [-0.25, -0.2) is 0 Å². The van der Waals surface area contributed by atoms with Gasteiger partial charge in [-0.1, -0.05) is 109 Å². The lowest BCUT2D eigenvalue weighted by molar-refractivity contribution is -0.108. The Morgan fingerprint density at radius 3 is 1.47 bits per heavy atom. The van der Waals surface area contributed by atoms with Crippen molar-refractivity contribution in [3.63, 3.8) is 0 Å². The van der Waals surface area contributed by atoms with Crippen LogP contribution in [0.5, 0.6) is 0 Å². The summed E-state index contributed by atoms with van der Waals surface area (Å²) >= 11 is 0. The van der Waals surface area contributed by atoms with E-state index in [0.717, 1.165) is 44.6 Å². The van der Waals surface area contributed by atoms with Crippen LogP contribution in [0.2, 0.25) is 0 Å². The fraction of sp³-hybridized carbons (Fsp3) is 0.0690. The average molecular weight is 389 g/mol. The van der Waals surface area contributed by atoms with Gasteiger partial charge in [0, 0.05) is 22.3 Å². The van der Waals surface area contributed by atoms with Crippen molar-refractivity contribution in [3.8, 4) is 0 Å². The van der Waals surface area contributed by atoms with Gasteiger partial charge >= 0.3 is 0 Å². The number of carbonyl (C=O) groups is 1. The predicted molar refractivity (Wildman–Crippen MR) is 127 cm³/mol. The van der Waals surface area contributed by atoms with Crippen LogP contribution in [0.3, 0.4) is 0 Å².